The largest absolute Gasteiger partial charge is 0.449 e. The van der Waals surface area contributed by atoms with Crippen LogP contribution in [0.15, 0.2) is 24.3 Å². The highest BCUT2D eigenvalue weighted by atomic mass is 16.6. The van der Waals surface area contributed by atoms with Crippen LogP contribution in [0.4, 0.5) is 10.5 Å². The third kappa shape index (κ3) is 6.67. The quantitative estimate of drug-likeness (QED) is 0.846. The summed E-state index contributed by atoms with van der Waals surface area (Å²) < 4.78 is 5.30. The Kier molecular flexibility index (Phi) is 7.91. The average Bonchev–Trinajstić information content (AvgIpc) is 2.85. The van der Waals surface area contributed by atoms with Crippen molar-refractivity contribution in [3.05, 3.63) is 29.8 Å². The van der Waals surface area contributed by atoms with E-state index in [1.807, 2.05) is 32.0 Å². The predicted octanol–water partition coefficient (Wildman–Crippen LogP) is 2.99. The molecule has 0 radical (unpaired) electrons. The molecule has 1 heterocycles. The Hall–Kier alpha value is -2.08. The van der Waals surface area contributed by atoms with Crippen LogP contribution in [0.1, 0.15) is 32.8 Å². The van der Waals surface area contributed by atoms with E-state index in [-0.39, 0.29) is 12.0 Å². The lowest BCUT2D eigenvalue weighted by Crippen LogP contribution is -2.38. The molecule has 0 aromatic heterocycles. The smallest absolute Gasteiger partial charge is 0.409 e. The van der Waals surface area contributed by atoms with Crippen molar-refractivity contribution >= 4 is 17.7 Å². The summed E-state index contributed by atoms with van der Waals surface area (Å²) in [6.07, 6.45) is 1.54. The minimum absolute atomic E-state index is 0.0194. The van der Waals surface area contributed by atoms with E-state index in [1.54, 1.807) is 4.90 Å². The molecule has 0 spiro atoms. The van der Waals surface area contributed by atoms with Crippen LogP contribution in [-0.4, -0.2) is 61.1 Å². The first-order valence-corrected chi connectivity index (χ1v) is 9.50. The molecule has 1 N–H and O–H groups in total. The molecule has 0 saturated carbocycles. The highest BCUT2D eigenvalue weighted by molar-refractivity contribution is 5.92. The molecule has 1 fully saturated rings. The summed E-state index contributed by atoms with van der Waals surface area (Å²) in [4.78, 5) is 28.3. The second-order valence-corrected chi connectivity index (χ2v) is 7.19. The van der Waals surface area contributed by atoms with Gasteiger partial charge in [-0.3, -0.25) is 9.69 Å². The molecule has 0 unspecified atom stereocenters. The zero-order valence-electron chi connectivity index (χ0n) is 16.2. The van der Waals surface area contributed by atoms with Crippen LogP contribution in [0.2, 0.25) is 0 Å². The fraction of sp³-hybridized carbons (Fsp3) is 0.600. The van der Waals surface area contributed by atoms with Gasteiger partial charge in [0.1, 0.15) is 0 Å². The normalized spacial score (nSPS) is 15.6. The molecule has 1 aromatic carbocycles. The van der Waals surface area contributed by atoms with Crippen molar-refractivity contribution in [1.82, 2.24) is 9.80 Å². The van der Waals surface area contributed by atoms with Crippen LogP contribution < -0.4 is 5.32 Å². The van der Waals surface area contributed by atoms with Crippen LogP contribution in [0, 0.1) is 5.92 Å². The van der Waals surface area contributed by atoms with Crippen molar-refractivity contribution in [2.45, 2.75) is 33.6 Å². The summed E-state index contributed by atoms with van der Waals surface area (Å²) in [6.45, 7) is 9.66. The molecule has 144 valence electrons. The summed E-state index contributed by atoms with van der Waals surface area (Å²) in [6, 6.07) is 7.93. The van der Waals surface area contributed by atoms with Gasteiger partial charge in [0.2, 0.25) is 5.91 Å². The highest BCUT2D eigenvalue weighted by Gasteiger charge is 2.21. The maximum Gasteiger partial charge on any atom is 0.409 e. The first kappa shape index (κ1) is 20.2. The summed E-state index contributed by atoms with van der Waals surface area (Å²) >= 11 is 0. The number of nitrogens with one attached hydrogen (secondary N) is 1. The van der Waals surface area contributed by atoms with Gasteiger partial charge in [0.25, 0.3) is 0 Å². The van der Waals surface area contributed by atoms with Gasteiger partial charge in [-0.15, -0.1) is 0 Å². The number of aryl methyl sites for hydroxylation is 1. The Morgan fingerprint density at radius 3 is 2.73 bits per heavy atom. The monoisotopic (exact) mass is 361 g/mol. The summed E-state index contributed by atoms with van der Waals surface area (Å²) in [7, 11) is 0. The zero-order valence-corrected chi connectivity index (χ0v) is 16.2. The Morgan fingerprint density at radius 1 is 1.19 bits per heavy atom. The van der Waals surface area contributed by atoms with E-state index >= 15 is 0 Å². The molecule has 0 atom stereocenters. The Balaban J connectivity index is 1.79. The van der Waals surface area contributed by atoms with E-state index in [0.717, 1.165) is 25.1 Å². The lowest BCUT2D eigenvalue weighted by atomic mass is 10.1. The SMILES string of the molecule is CCc1cccc(NC(=O)CN2CCCN(C(=O)OCC(C)C)CC2)c1. The molecule has 1 aliphatic rings. The van der Waals surface area contributed by atoms with E-state index in [1.165, 1.54) is 5.56 Å². The number of rotatable bonds is 6. The summed E-state index contributed by atoms with van der Waals surface area (Å²) in [5.74, 6) is 0.312. The molecular weight excluding hydrogens is 330 g/mol. The van der Waals surface area contributed by atoms with Gasteiger partial charge < -0.3 is 15.0 Å². The van der Waals surface area contributed by atoms with Gasteiger partial charge in [-0.25, -0.2) is 4.79 Å². The van der Waals surface area contributed by atoms with Crippen molar-refractivity contribution in [3.63, 3.8) is 0 Å². The van der Waals surface area contributed by atoms with Crippen LogP contribution in [0.25, 0.3) is 0 Å². The van der Waals surface area contributed by atoms with Gasteiger partial charge in [-0.2, -0.15) is 0 Å². The van der Waals surface area contributed by atoms with Crippen molar-refractivity contribution < 1.29 is 14.3 Å². The van der Waals surface area contributed by atoms with Gasteiger partial charge in [0, 0.05) is 31.9 Å². The van der Waals surface area contributed by atoms with Gasteiger partial charge in [0.15, 0.2) is 0 Å². The number of carbonyl (C=O) groups is 2. The predicted molar refractivity (Wildman–Crippen MR) is 103 cm³/mol. The maximum absolute atomic E-state index is 12.3. The average molecular weight is 361 g/mol. The molecular formula is C20H31N3O3. The highest BCUT2D eigenvalue weighted by Crippen LogP contribution is 2.12. The molecule has 2 rings (SSSR count). The number of carbonyl (C=O) groups excluding carboxylic acids is 2. The van der Waals surface area contributed by atoms with Crippen molar-refractivity contribution in [2.24, 2.45) is 5.92 Å². The first-order valence-electron chi connectivity index (χ1n) is 9.50. The molecule has 6 nitrogen and oxygen atoms in total. The van der Waals surface area contributed by atoms with Gasteiger partial charge in [-0.05, 0) is 36.5 Å². The number of benzene rings is 1. The molecule has 0 bridgehead atoms. The van der Waals surface area contributed by atoms with Gasteiger partial charge in [-0.1, -0.05) is 32.9 Å². The molecule has 0 aliphatic carbocycles. The van der Waals surface area contributed by atoms with Crippen molar-refractivity contribution in [2.75, 3.05) is 44.6 Å². The van der Waals surface area contributed by atoms with E-state index < -0.39 is 0 Å². The fourth-order valence-electron chi connectivity index (χ4n) is 2.91. The Bertz CT molecular complexity index is 604. The Morgan fingerprint density at radius 2 is 2.00 bits per heavy atom. The number of nitrogens with zero attached hydrogens (tertiary/aromatic N) is 2. The van der Waals surface area contributed by atoms with E-state index in [0.29, 0.717) is 38.7 Å². The first-order chi connectivity index (χ1) is 12.5. The number of amides is 2. The standard InChI is InChI=1S/C20H31N3O3/c1-4-17-7-5-8-18(13-17)21-19(24)14-22-9-6-10-23(12-11-22)20(25)26-15-16(2)3/h5,7-8,13,16H,4,6,9-12,14-15H2,1-3H3,(H,21,24). The third-order valence-corrected chi connectivity index (χ3v) is 4.37. The van der Waals surface area contributed by atoms with Gasteiger partial charge in [0.05, 0.1) is 13.2 Å². The number of hydrogen-bond acceptors (Lipinski definition) is 4. The van der Waals surface area contributed by atoms with Crippen LogP contribution in [0.3, 0.4) is 0 Å². The molecule has 2 amide bonds. The Labute approximate surface area is 156 Å². The number of ether oxygens (including phenoxy) is 1. The minimum Gasteiger partial charge on any atom is -0.449 e. The van der Waals surface area contributed by atoms with Crippen molar-refractivity contribution in [1.29, 1.82) is 0 Å². The van der Waals surface area contributed by atoms with Crippen molar-refractivity contribution in [3.8, 4) is 0 Å². The van der Waals surface area contributed by atoms with Gasteiger partial charge >= 0.3 is 6.09 Å². The topological polar surface area (TPSA) is 61.9 Å². The zero-order chi connectivity index (χ0) is 18.9. The molecule has 6 heteroatoms. The van der Waals surface area contributed by atoms with Crippen LogP contribution in [-0.2, 0) is 16.0 Å². The molecule has 1 aliphatic heterocycles. The molecule has 1 aromatic rings. The molecule has 1 saturated heterocycles. The van der Waals surface area contributed by atoms with Crippen LogP contribution >= 0.6 is 0 Å². The van der Waals surface area contributed by atoms with E-state index in [4.69, 9.17) is 4.74 Å². The van der Waals surface area contributed by atoms with E-state index in [9.17, 15) is 9.59 Å². The lowest BCUT2D eigenvalue weighted by molar-refractivity contribution is -0.117. The van der Waals surface area contributed by atoms with E-state index in [2.05, 4.69) is 23.2 Å². The fourth-order valence-corrected chi connectivity index (χ4v) is 2.91. The van der Waals surface area contributed by atoms with Crippen LogP contribution in [0.5, 0.6) is 0 Å². The second kappa shape index (κ2) is 10.2. The number of anilines is 1. The lowest BCUT2D eigenvalue weighted by Gasteiger charge is -2.21. The summed E-state index contributed by atoms with van der Waals surface area (Å²) in [5.41, 5.74) is 2.04. The maximum atomic E-state index is 12.3. The second-order valence-electron chi connectivity index (χ2n) is 7.19. The minimum atomic E-state index is -0.249. The number of hydrogen-bond donors (Lipinski definition) is 1. The molecule has 26 heavy (non-hydrogen) atoms. The summed E-state index contributed by atoms with van der Waals surface area (Å²) in [5, 5.41) is 2.97. The third-order valence-electron chi connectivity index (χ3n) is 4.37.